The molecule has 0 spiro atoms. The van der Waals surface area contributed by atoms with Crippen molar-refractivity contribution in [3.63, 3.8) is 0 Å². The Hall–Kier alpha value is -1.10. The zero-order valence-corrected chi connectivity index (χ0v) is 20.7. The molecule has 0 amide bonds. The smallest absolute Gasteiger partial charge is 0.311 e. The van der Waals surface area contributed by atoms with E-state index in [-0.39, 0.29) is 49.2 Å². The summed E-state index contributed by atoms with van der Waals surface area (Å²) in [7, 11) is 0. The van der Waals surface area contributed by atoms with Gasteiger partial charge in [-0.1, -0.05) is 28.2 Å². The van der Waals surface area contributed by atoms with Crippen LogP contribution in [0.3, 0.4) is 0 Å². The summed E-state index contributed by atoms with van der Waals surface area (Å²) in [6, 6.07) is 0. The van der Waals surface area contributed by atoms with Gasteiger partial charge in [-0.05, 0) is 84.0 Å². The first-order chi connectivity index (χ1) is 14.4. The fraction of sp³-hybridized carbons (Fsp3) is 0.926. The number of cyclic esters (lactones) is 1. The topological polar surface area (TPSA) is 61.8 Å². The fourth-order valence-corrected chi connectivity index (χ4v) is 5.91. The Balaban J connectivity index is 0.00000363. The van der Waals surface area contributed by atoms with Crippen LogP contribution in [0.4, 0.5) is 0 Å². The van der Waals surface area contributed by atoms with Crippen LogP contribution >= 0.6 is 0 Å². The first kappa shape index (κ1) is 27.1. The summed E-state index contributed by atoms with van der Waals surface area (Å²) in [5.74, 6) is 1.41. The maximum atomic E-state index is 13.0. The second-order valence-corrected chi connectivity index (χ2v) is 11.8. The summed E-state index contributed by atoms with van der Waals surface area (Å²) in [6.07, 6.45) is 7.04. The lowest BCUT2D eigenvalue weighted by molar-refractivity contribution is -0.224. The van der Waals surface area contributed by atoms with Gasteiger partial charge in [-0.25, -0.2) is 0 Å². The van der Waals surface area contributed by atoms with E-state index in [1.165, 1.54) is 0 Å². The molecular weight excluding hydrogens is 404 g/mol. The second-order valence-electron chi connectivity index (χ2n) is 11.8. The van der Waals surface area contributed by atoms with E-state index >= 15 is 0 Å². The number of hydrogen-bond acceptors (Lipinski definition) is 5. The normalized spacial score (nSPS) is 37.0. The molecule has 2 aliphatic heterocycles. The molecule has 1 aliphatic carbocycles. The van der Waals surface area contributed by atoms with Gasteiger partial charge in [0.05, 0.1) is 17.1 Å². The minimum atomic E-state index is -0.472. The summed E-state index contributed by atoms with van der Waals surface area (Å²) in [6.45, 7) is 14.7. The highest BCUT2D eigenvalue weighted by Crippen LogP contribution is 2.48. The van der Waals surface area contributed by atoms with Crippen LogP contribution in [0.1, 0.15) is 107 Å². The van der Waals surface area contributed by atoms with Crippen LogP contribution in [0.5, 0.6) is 0 Å². The molecule has 1 saturated carbocycles. The SMILES string of the molecule is C.CCC(C)(C)C(=O)O[C@H]1CC(C)(C)O[C@@H]2CC[C@H](C)[C@H](CC[C@@H]3C[C@@H](C)CC(=O)O3)[C@@H]12. The molecule has 32 heavy (non-hydrogen) atoms. The third kappa shape index (κ3) is 6.27. The van der Waals surface area contributed by atoms with Gasteiger partial charge in [-0.2, -0.15) is 0 Å². The van der Waals surface area contributed by atoms with Crippen molar-refractivity contribution in [1.29, 1.82) is 0 Å². The molecular formula is C27H48O5. The van der Waals surface area contributed by atoms with Crippen LogP contribution in [-0.4, -0.2) is 35.9 Å². The van der Waals surface area contributed by atoms with E-state index in [9.17, 15) is 9.59 Å². The molecule has 0 aromatic carbocycles. The highest BCUT2D eigenvalue weighted by molar-refractivity contribution is 5.76. The minimum Gasteiger partial charge on any atom is -0.462 e. The number of esters is 2. The summed E-state index contributed by atoms with van der Waals surface area (Å²) >= 11 is 0. The standard InChI is InChI=1S/C26H44O5.CH4/c1-8-25(4,5)24(28)30-21-15-26(6,7)31-20-12-9-17(3)19(23(20)21)11-10-18-13-16(2)14-22(27)29-18;/h16-21,23H,8-15H2,1-7H3;1H4/t16-,17+,18-,19+,20-,21+,23-;/m1./s1. The molecule has 0 radical (unpaired) electrons. The predicted molar refractivity (Wildman–Crippen MR) is 127 cm³/mol. The van der Waals surface area contributed by atoms with Gasteiger partial charge in [-0.3, -0.25) is 9.59 Å². The quantitative estimate of drug-likeness (QED) is 0.441. The van der Waals surface area contributed by atoms with Crippen LogP contribution in [0.25, 0.3) is 0 Å². The molecule has 3 rings (SSSR count). The molecule has 0 aromatic rings. The molecule has 186 valence electrons. The molecule has 2 heterocycles. The van der Waals surface area contributed by atoms with Crippen LogP contribution in [0.15, 0.2) is 0 Å². The van der Waals surface area contributed by atoms with Crippen LogP contribution in [0.2, 0.25) is 0 Å². The van der Waals surface area contributed by atoms with E-state index in [4.69, 9.17) is 14.2 Å². The molecule has 0 N–H and O–H groups in total. The zero-order chi connectivity index (χ0) is 23.0. The Morgan fingerprint density at radius 1 is 1.19 bits per heavy atom. The van der Waals surface area contributed by atoms with Crippen LogP contribution < -0.4 is 0 Å². The third-order valence-corrected chi connectivity index (χ3v) is 8.15. The number of hydrogen-bond donors (Lipinski definition) is 0. The number of carbonyl (C=O) groups is 2. The summed E-state index contributed by atoms with van der Waals surface area (Å²) < 4.78 is 18.4. The molecule has 3 aliphatic rings. The molecule has 0 unspecified atom stereocenters. The maximum Gasteiger partial charge on any atom is 0.311 e. The Morgan fingerprint density at radius 3 is 2.50 bits per heavy atom. The predicted octanol–water partition coefficient (Wildman–Crippen LogP) is 6.32. The average molecular weight is 453 g/mol. The van der Waals surface area contributed by atoms with Crippen molar-refractivity contribution in [2.45, 2.75) is 131 Å². The van der Waals surface area contributed by atoms with Crippen LogP contribution in [-0.2, 0) is 23.8 Å². The zero-order valence-electron chi connectivity index (χ0n) is 20.7. The highest BCUT2D eigenvalue weighted by atomic mass is 16.6. The molecule has 5 nitrogen and oxygen atoms in total. The van der Waals surface area contributed by atoms with Gasteiger partial charge < -0.3 is 14.2 Å². The molecule has 0 aromatic heterocycles. The summed E-state index contributed by atoms with van der Waals surface area (Å²) in [4.78, 5) is 24.9. The lowest BCUT2D eigenvalue weighted by Gasteiger charge is -2.52. The van der Waals surface area contributed by atoms with Gasteiger partial charge in [0.15, 0.2) is 0 Å². The number of rotatable bonds is 6. The van der Waals surface area contributed by atoms with Gasteiger partial charge in [0, 0.05) is 18.8 Å². The van der Waals surface area contributed by atoms with E-state index in [1.54, 1.807) is 0 Å². The van der Waals surface area contributed by atoms with Gasteiger partial charge in [-0.15, -0.1) is 0 Å². The highest BCUT2D eigenvalue weighted by Gasteiger charge is 2.51. The maximum absolute atomic E-state index is 13.0. The van der Waals surface area contributed by atoms with Crippen molar-refractivity contribution in [1.82, 2.24) is 0 Å². The minimum absolute atomic E-state index is 0. The van der Waals surface area contributed by atoms with E-state index in [0.717, 1.165) is 44.9 Å². The van der Waals surface area contributed by atoms with E-state index < -0.39 is 5.41 Å². The van der Waals surface area contributed by atoms with Crippen molar-refractivity contribution < 1.29 is 23.8 Å². The fourth-order valence-electron chi connectivity index (χ4n) is 5.91. The Labute approximate surface area is 196 Å². The van der Waals surface area contributed by atoms with Crippen molar-refractivity contribution in [2.24, 2.45) is 29.1 Å². The summed E-state index contributed by atoms with van der Waals surface area (Å²) in [5, 5.41) is 0. The van der Waals surface area contributed by atoms with E-state index in [2.05, 4.69) is 27.7 Å². The number of carbonyl (C=O) groups excluding carboxylic acids is 2. The van der Waals surface area contributed by atoms with Crippen LogP contribution in [0, 0.1) is 29.1 Å². The van der Waals surface area contributed by atoms with Crippen molar-refractivity contribution >= 4 is 11.9 Å². The van der Waals surface area contributed by atoms with Gasteiger partial charge in [0.1, 0.15) is 12.2 Å². The average Bonchev–Trinajstić information content (AvgIpc) is 2.66. The molecule has 5 heteroatoms. The van der Waals surface area contributed by atoms with E-state index in [0.29, 0.717) is 24.2 Å². The number of fused-ring (bicyclic) bond motifs is 1. The largest absolute Gasteiger partial charge is 0.462 e. The number of ether oxygens (including phenoxy) is 3. The third-order valence-electron chi connectivity index (χ3n) is 8.15. The lowest BCUT2D eigenvalue weighted by Crippen LogP contribution is -2.56. The molecule has 7 atom stereocenters. The van der Waals surface area contributed by atoms with Crippen molar-refractivity contribution in [2.75, 3.05) is 0 Å². The van der Waals surface area contributed by atoms with Gasteiger partial charge >= 0.3 is 11.9 Å². The van der Waals surface area contributed by atoms with E-state index in [1.807, 2.05) is 20.8 Å². The Bertz CT molecular complexity index is 654. The van der Waals surface area contributed by atoms with Gasteiger partial charge in [0.2, 0.25) is 0 Å². The summed E-state index contributed by atoms with van der Waals surface area (Å²) in [5.41, 5.74) is -0.762. The lowest BCUT2D eigenvalue weighted by atomic mass is 9.64. The van der Waals surface area contributed by atoms with Crippen molar-refractivity contribution in [3.8, 4) is 0 Å². The van der Waals surface area contributed by atoms with Crippen molar-refractivity contribution in [3.05, 3.63) is 0 Å². The second kappa shape index (κ2) is 10.4. The monoisotopic (exact) mass is 452 g/mol. The first-order valence-electron chi connectivity index (χ1n) is 12.5. The van der Waals surface area contributed by atoms with Gasteiger partial charge in [0.25, 0.3) is 0 Å². The molecule has 2 saturated heterocycles. The molecule has 0 bridgehead atoms. The Morgan fingerprint density at radius 2 is 1.88 bits per heavy atom. The first-order valence-corrected chi connectivity index (χ1v) is 12.5. The Kier molecular flexibility index (Phi) is 8.86. The molecule has 3 fully saturated rings.